The SMILES string of the molecule is Cc1nc(N[C@H](C)c2cccc(C(F)F)c2F)c2cc([C@]3(O)CC[C@@H](O)CC3)c(=O)n(C)c2n1. The van der Waals surface area contributed by atoms with E-state index >= 15 is 0 Å². The van der Waals surface area contributed by atoms with E-state index in [0.717, 1.165) is 6.07 Å². The van der Waals surface area contributed by atoms with Gasteiger partial charge in [0.05, 0.1) is 28.7 Å². The molecule has 1 aliphatic rings. The maximum atomic E-state index is 14.7. The van der Waals surface area contributed by atoms with Crippen LogP contribution in [0.4, 0.5) is 19.0 Å². The van der Waals surface area contributed by atoms with Gasteiger partial charge in [0.2, 0.25) is 0 Å². The number of aryl methyl sites for hydroxylation is 2. The largest absolute Gasteiger partial charge is 0.393 e. The van der Waals surface area contributed by atoms with Gasteiger partial charge in [-0.3, -0.25) is 9.36 Å². The smallest absolute Gasteiger partial charge is 0.266 e. The number of fused-ring (bicyclic) bond motifs is 1. The number of halogens is 3. The lowest BCUT2D eigenvalue weighted by molar-refractivity contribution is -0.0371. The van der Waals surface area contributed by atoms with E-state index in [0.29, 0.717) is 29.7 Å². The second-order valence-corrected chi connectivity index (χ2v) is 8.96. The number of hydrogen-bond acceptors (Lipinski definition) is 6. The first-order valence-electron chi connectivity index (χ1n) is 11.1. The zero-order valence-corrected chi connectivity index (χ0v) is 19.1. The van der Waals surface area contributed by atoms with Crippen molar-refractivity contribution in [3.05, 3.63) is 63.0 Å². The molecule has 0 aliphatic heterocycles. The van der Waals surface area contributed by atoms with E-state index in [9.17, 15) is 28.2 Å². The Morgan fingerprint density at radius 3 is 2.50 bits per heavy atom. The first-order chi connectivity index (χ1) is 16.0. The summed E-state index contributed by atoms with van der Waals surface area (Å²) in [5, 5.41) is 24.6. The Bertz CT molecular complexity index is 1290. The molecule has 0 amide bonds. The van der Waals surface area contributed by atoms with Crippen LogP contribution >= 0.6 is 0 Å². The van der Waals surface area contributed by atoms with Crippen molar-refractivity contribution in [2.24, 2.45) is 7.05 Å². The van der Waals surface area contributed by atoms with Crippen molar-refractivity contribution in [3.63, 3.8) is 0 Å². The van der Waals surface area contributed by atoms with Gasteiger partial charge in [-0.1, -0.05) is 18.2 Å². The Kier molecular flexibility index (Phi) is 6.39. The number of alkyl halides is 2. The summed E-state index contributed by atoms with van der Waals surface area (Å²) in [6, 6.07) is 4.65. The summed E-state index contributed by atoms with van der Waals surface area (Å²) in [6.45, 7) is 3.26. The predicted octanol–water partition coefficient (Wildman–Crippen LogP) is 4.01. The van der Waals surface area contributed by atoms with Gasteiger partial charge in [0.1, 0.15) is 23.1 Å². The van der Waals surface area contributed by atoms with Gasteiger partial charge in [0.15, 0.2) is 0 Å². The van der Waals surface area contributed by atoms with Gasteiger partial charge in [-0.25, -0.2) is 23.1 Å². The molecule has 0 bridgehead atoms. The molecule has 1 atom stereocenters. The van der Waals surface area contributed by atoms with E-state index < -0.39 is 41.1 Å². The molecule has 3 N–H and O–H groups in total. The van der Waals surface area contributed by atoms with Gasteiger partial charge in [-0.15, -0.1) is 0 Å². The standard InChI is InChI=1S/C24H27F3N4O3/c1-12(15-5-4-6-16(19(15)25)20(26)27)28-21-17-11-18(24(34)9-7-14(32)8-10-24)23(33)31(3)22(17)30-13(2)29-21/h4-6,11-12,14,20,32,34H,7-10H2,1-3H3,(H,28,29,30)/t12-,14-,24+/m1/s1. The quantitative estimate of drug-likeness (QED) is 0.515. The van der Waals surface area contributed by atoms with Crippen LogP contribution in [0.3, 0.4) is 0 Å². The van der Waals surface area contributed by atoms with Gasteiger partial charge < -0.3 is 15.5 Å². The van der Waals surface area contributed by atoms with E-state index in [2.05, 4.69) is 15.3 Å². The topological polar surface area (TPSA) is 100 Å². The molecular formula is C24H27F3N4O3. The van der Waals surface area contributed by atoms with E-state index in [4.69, 9.17) is 0 Å². The molecule has 1 fully saturated rings. The van der Waals surface area contributed by atoms with Crippen LogP contribution in [0, 0.1) is 12.7 Å². The third-order valence-electron chi connectivity index (χ3n) is 6.58. The Balaban J connectivity index is 1.82. The van der Waals surface area contributed by atoms with Crippen LogP contribution in [0.25, 0.3) is 11.0 Å². The lowest BCUT2D eigenvalue weighted by Gasteiger charge is -2.34. The zero-order chi connectivity index (χ0) is 24.8. The van der Waals surface area contributed by atoms with Crippen LogP contribution in [0.15, 0.2) is 29.1 Å². The molecule has 1 aliphatic carbocycles. The zero-order valence-electron chi connectivity index (χ0n) is 19.1. The lowest BCUT2D eigenvalue weighted by Crippen LogP contribution is -2.39. The fourth-order valence-corrected chi connectivity index (χ4v) is 4.59. The molecule has 182 valence electrons. The summed E-state index contributed by atoms with van der Waals surface area (Å²) in [5.41, 5.74) is -1.96. The normalized spacial score (nSPS) is 21.7. The van der Waals surface area contributed by atoms with E-state index in [-0.39, 0.29) is 29.8 Å². The molecule has 0 spiro atoms. The monoisotopic (exact) mass is 476 g/mol. The maximum absolute atomic E-state index is 14.7. The van der Waals surface area contributed by atoms with Gasteiger partial charge >= 0.3 is 0 Å². The maximum Gasteiger partial charge on any atom is 0.266 e. The fourth-order valence-electron chi connectivity index (χ4n) is 4.59. The summed E-state index contributed by atoms with van der Waals surface area (Å²) in [4.78, 5) is 21.9. The minimum absolute atomic E-state index is 0.0483. The molecule has 1 aromatic carbocycles. The van der Waals surface area contributed by atoms with Gasteiger partial charge in [-0.2, -0.15) is 0 Å². The third-order valence-corrected chi connectivity index (χ3v) is 6.58. The molecule has 34 heavy (non-hydrogen) atoms. The molecule has 10 heteroatoms. The van der Waals surface area contributed by atoms with Gasteiger partial charge in [0.25, 0.3) is 12.0 Å². The van der Waals surface area contributed by atoms with Crippen LogP contribution < -0.4 is 10.9 Å². The van der Waals surface area contributed by atoms with Crippen LogP contribution in [0.2, 0.25) is 0 Å². The molecule has 0 unspecified atom stereocenters. The Morgan fingerprint density at radius 1 is 1.21 bits per heavy atom. The van der Waals surface area contributed by atoms with Crippen LogP contribution in [-0.2, 0) is 12.6 Å². The number of aliphatic hydroxyl groups excluding tert-OH is 1. The highest BCUT2D eigenvalue weighted by atomic mass is 19.3. The van der Waals surface area contributed by atoms with Gasteiger partial charge in [0, 0.05) is 18.2 Å². The van der Waals surface area contributed by atoms with Crippen LogP contribution in [-0.4, -0.2) is 30.9 Å². The molecule has 0 saturated heterocycles. The van der Waals surface area contributed by atoms with Crippen LogP contribution in [0.1, 0.15) is 67.6 Å². The van der Waals surface area contributed by atoms with Crippen molar-refractivity contribution in [1.82, 2.24) is 14.5 Å². The molecule has 4 rings (SSSR count). The highest BCUT2D eigenvalue weighted by Crippen LogP contribution is 2.37. The number of aromatic nitrogens is 3. The van der Waals surface area contributed by atoms with E-state index in [1.807, 2.05) is 0 Å². The second kappa shape index (κ2) is 8.99. The predicted molar refractivity (Wildman–Crippen MR) is 121 cm³/mol. The average molecular weight is 476 g/mol. The number of rotatable bonds is 5. The summed E-state index contributed by atoms with van der Waals surface area (Å²) < 4.78 is 42.4. The summed E-state index contributed by atoms with van der Waals surface area (Å²) >= 11 is 0. The average Bonchev–Trinajstić information content (AvgIpc) is 2.78. The molecule has 3 aromatic rings. The van der Waals surface area contributed by atoms with Crippen molar-refractivity contribution in [1.29, 1.82) is 0 Å². The Morgan fingerprint density at radius 2 is 1.85 bits per heavy atom. The first kappa shape index (κ1) is 24.2. The molecular weight excluding hydrogens is 449 g/mol. The number of nitrogens with one attached hydrogen (secondary N) is 1. The fraction of sp³-hybridized carbons (Fsp3) is 0.458. The van der Waals surface area contributed by atoms with Crippen molar-refractivity contribution < 1.29 is 23.4 Å². The van der Waals surface area contributed by atoms with E-state index in [1.165, 1.54) is 22.8 Å². The minimum Gasteiger partial charge on any atom is -0.393 e. The molecule has 7 nitrogen and oxygen atoms in total. The summed E-state index contributed by atoms with van der Waals surface area (Å²) in [5.74, 6) is -0.352. The molecule has 1 saturated carbocycles. The highest BCUT2D eigenvalue weighted by molar-refractivity contribution is 5.87. The summed E-state index contributed by atoms with van der Waals surface area (Å²) in [6.07, 6.45) is -2.28. The van der Waals surface area contributed by atoms with Crippen molar-refractivity contribution in [2.75, 3.05) is 5.32 Å². The Hall–Kier alpha value is -2.98. The second-order valence-electron chi connectivity index (χ2n) is 8.96. The molecule has 2 aromatic heterocycles. The third kappa shape index (κ3) is 4.27. The number of benzene rings is 1. The minimum atomic E-state index is -2.94. The number of hydrogen-bond donors (Lipinski definition) is 3. The lowest BCUT2D eigenvalue weighted by atomic mass is 9.79. The molecule has 2 heterocycles. The summed E-state index contributed by atoms with van der Waals surface area (Å²) in [7, 11) is 1.54. The van der Waals surface area contributed by atoms with Gasteiger partial charge in [-0.05, 0) is 45.6 Å². The number of aliphatic hydroxyl groups is 2. The number of pyridine rings is 1. The van der Waals surface area contributed by atoms with Crippen molar-refractivity contribution >= 4 is 16.9 Å². The Labute approximate surface area is 194 Å². The van der Waals surface area contributed by atoms with E-state index in [1.54, 1.807) is 20.9 Å². The molecule has 0 radical (unpaired) electrons. The highest BCUT2D eigenvalue weighted by Gasteiger charge is 2.37. The van der Waals surface area contributed by atoms with Crippen molar-refractivity contribution in [2.45, 2.75) is 63.7 Å². The van der Waals surface area contributed by atoms with Crippen LogP contribution in [0.5, 0.6) is 0 Å². The van der Waals surface area contributed by atoms with Crippen molar-refractivity contribution in [3.8, 4) is 0 Å². The number of nitrogens with zero attached hydrogens (tertiary/aromatic N) is 3. The first-order valence-corrected chi connectivity index (χ1v) is 11.1. The number of anilines is 1.